The first kappa shape index (κ1) is 15.5. The van der Waals surface area contributed by atoms with Crippen LogP contribution in [0.4, 0.5) is 0 Å². The summed E-state index contributed by atoms with van der Waals surface area (Å²) in [6, 6.07) is 2.88. The van der Waals surface area contributed by atoms with Crippen LogP contribution in [0.15, 0.2) is 10.5 Å². The van der Waals surface area contributed by atoms with Crippen LogP contribution in [-0.2, 0) is 0 Å². The van der Waals surface area contributed by atoms with Crippen molar-refractivity contribution in [2.24, 2.45) is 5.92 Å². The molecule has 1 atom stereocenters. The van der Waals surface area contributed by atoms with Gasteiger partial charge in [0.2, 0.25) is 0 Å². The maximum absolute atomic E-state index is 3.70. The standard InChI is InChI=1S/C16H26BrNS/c1-3-18-15(16-11-14(17)12(2)19-16)10-13-8-6-4-5-7-9-13/h11,13,15,18H,3-10H2,1-2H3. The molecule has 0 amide bonds. The number of thiophene rings is 1. The van der Waals surface area contributed by atoms with Crippen LogP contribution in [0.1, 0.15) is 67.7 Å². The summed E-state index contributed by atoms with van der Waals surface area (Å²) in [4.78, 5) is 2.91. The van der Waals surface area contributed by atoms with Crippen LogP contribution in [0.3, 0.4) is 0 Å². The van der Waals surface area contributed by atoms with Crippen LogP contribution in [-0.4, -0.2) is 6.54 Å². The number of rotatable bonds is 5. The van der Waals surface area contributed by atoms with Gasteiger partial charge in [-0.2, -0.15) is 0 Å². The van der Waals surface area contributed by atoms with Gasteiger partial charge in [-0.05, 0) is 47.8 Å². The van der Waals surface area contributed by atoms with E-state index in [1.807, 2.05) is 11.3 Å². The second kappa shape index (κ2) is 7.80. The Morgan fingerprint density at radius 2 is 2.00 bits per heavy atom. The number of nitrogens with one attached hydrogen (secondary N) is 1. The van der Waals surface area contributed by atoms with E-state index in [9.17, 15) is 0 Å². The van der Waals surface area contributed by atoms with Crippen LogP contribution >= 0.6 is 27.3 Å². The Morgan fingerprint density at radius 1 is 1.32 bits per heavy atom. The van der Waals surface area contributed by atoms with Crippen molar-refractivity contribution in [3.8, 4) is 0 Å². The maximum Gasteiger partial charge on any atom is 0.0417 e. The third-order valence-corrected chi connectivity index (χ3v) is 6.46. The molecule has 1 fully saturated rings. The van der Waals surface area contributed by atoms with Crippen LogP contribution in [0.5, 0.6) is 0 Å². The number of hydrogen-bond donors (Lipinski definition) is 1. The van der Waals surface area contributed by atoms with E-state index < -0.39 is 0 Å². The van der Waals surface area contributed by atoms with Crippen molar-refractivity contribution in [1.82, 2.24) is 5.32 Å². The zero-order valence-corrected chi connectivity index (χ0v) is 14.6. The van der Waals surface area contributed by atoms with Gasteiger partial charge in [0.15, 0.2) is 0 Å². The van der Waals surface area contributed by atoms with Gasteiger partial charge in [-0.15, -0.1) is 11.3 Å². The fourth-order valence-electron chi connectivity index (χ4n) is 3.13. The molecule has 0 saturated heterocycles. The third-order valence-electron chi connectivity index (χ3n) is 4.21. The van der Waals surface area contributed by atoms with Crippen molar-refractivity contribution >= 4 is 27.3 Å². The van der Waals surface area contributed by atoms with Gasteiger partial charge in [-0.25, -0.2) is 0 Å². The van der Waals surface area contributed by atoms with Gasteiger partial charge >= 0.3 is 0 Å². The highest BCUT2D eigenvalue weighted by Gasteiger charge is 2.20. The molecule has 1 unspecified atom stereocenters. The Kier molecular flexibility index (Phi) is 6.37. The monoisotopic (exact) mass is 343 g/mol. The van der Waals surface area contributed by atoms with E-state index in [4.69, 9.17) is 0 Å². The molecule has 1 saturated carbocycles. The minimum absolute atomic E-state index is 0.558. The SMILES string of the molecule is CCNC(CC1CCCCCC1)c1cc(Br)c(C)s1. The smallest absolute Gasteiger partial charge is 0.0417 e. The molecule has 1 nitrogen and oxygen atoms in total. The van der Waals surface area contributed by atoms with Gasteiger partial charge in [-0.1, -0.05) is 45.4 Å². The lowest BCUT2D eigenvalue weighted by Crippen LogP contribution is -2.22. The summed E-state index contributed by atoms with van der Waals surface area (Å²) in [5.74, 6) is 0.924. The molecule has 1 aromatic heterocycles. The molecule has 2 rings (SSSR count). The molecular formula is C16H26BrNS. The molecule has 1 aromatic rings. The lowest BCUT2D eigenvalue weighted by Gasteiger charge is -2.22. The first-order valence-electron chi connectivity index (χ1n) is 7.70. The quantitative estimate of drug-likeness (QED) is 0.663. The average Bonchev–Trinajstić information content (AvgIpc) is 2.60. The first-order chi connectivity index (χ1) is 9.20. The molecule has 1 N–H and O–H groups in total. The van der Waals surface area contributed by atoms with Crippen LogP contribution in [0.25, 0.3) is 0 Å². The molecule has 0 spiro atoms. The summed E-state index contributed by atoms with van der Waals surface area (Å²) in [5, 5.41) is 3.70. The lowest BCUT2D eigenvalue weighted by atomic mass is 9.92. The van der Waals surface area contributed by atoms with E-state index in [0.29, 0.717) is 6.04 Å². The van der Waals surface area contributed by atoms with Crippen molar-refractivity contribution in [2.45, 2.75) is 64.8 Å². The van der Waals surface area contributed by atoms with Crippen molar-refractivity contribution in [2.75, 3.05) is 6.54 Å². The topological polar surface area (TPSA) is 12.0 Å². The Hall–Kier alpha value is 0.140. The Morgan fingerprint density at radius 3 is 2.53 bits per heavy atom. The summed E-state index contributed by atoms with van der Waals surface area (Å²) in [6.07, 6.45) is 9.98. The summed E-state index contributed by atoms with van der Waals surface area (Å²) in [7, 11) is 0. The van der Waals surface area contributed by atoms with Gasteiger partial charge < -0.3 is 5.32 Å². The Bertz CT molecular complexity index is 361. The molecule has 0 bridgehead atoms. The summed E-state index contributed by atoms with van der Waals surface area (Å²) in [5.41, 5.74) is 0. The van der Waals surface area contributed by atoms with Crippen molar-refractivity contribution < 1.29 is 0 Å². The molecule has 3 heteroatoms. The largest absolute Gasteiger partial charge is 0.310 e. The third kappa shape index (κ3) is 4.57. The Balaban J connectivity index is 2.02. The zero-order valence-electron chi connectivity index (χ0n) is 12.2. The first-order valence-corrected chi connectivity index (χ1v) is 9.31. The van der Waals surface area contributed by atoms with Gasteiger partial charge in [0.05, 0.1) is 0 Å². The highest BCUT2D eigenvalue weighted by Crippen LogP contribution is 2.36. The maximum atomic E-state index is 3.70. The second-order valence-corrected chi connectivity index (χ2v) is 7.90. The van der Waals surface area contributed by atoms with Gasteiger partial charge in [0, 0.05) is 20.3 Å². The zero-order chi connectivity index (χ0) is 13.7. The van der Waals surface area contributed by atoms with E-state index in [1.54, 1.807) is 0 Å². The molecular weight excluding hydrogens is 318 g/mol. The predicted octanol–water partition coefficient (Wildman–Crippen LogP) is 5.83. The van der Waals surface area contributed by atoms with E-state index >= 15 is 0 Å². The van der Waals surface area contributed by atoms with Gasteiger partial charge in [0.1, 0.15) is 0 Å². The van der Waals surface area contributed by atoms with Gasteiger partial charge in [0.25, 0.3) is 0 Å². The molecule has 0 aromatic carbocycles. The molecule has 108 valence electrons. The average molecular weight is 344 g/mol. The normalized spacial score (nSPS) is 19.3. The molecule has 19 heavy (non-hydrogen) atoms. The number of halogens is 1. The van der Waals surface area contributed by atoms with Crippen molar-refractivity contribution in [1.29, 1.82) is 0 Å². The highest BCUT2D eigenvalue weighted by atomic mass is 79.9. The predicted molar refractivity (Wildman–Crippen MR) is 89.0 cm³/mol. The van der Waals surface area contributed by atoms with E-state index in [-0.39, 0.29) is 0 Å². The fourth-order valence-corrected chi connectivity index (χ4v) is 4.78. The minimum atomic E-state index is 0.558. The second-order valence-electron chi connectivity index (χ2n) is 5.76. The van der Waals surface area contributed by atoms with Crippen molar-refractivity contribution in [3.63, 3.8) is 0 Å². The Labute approximate surface area is 130 Å². The summed E-state index contributed by atoms with van der Waals surface area (Å²) >= 11 is 5.60. The minimum Gasteiger partial charge on any atom is -0.310 e. The highest BCUT2D eigenvalue weighted by molar-refractivity contribution is 9.10. The number of hydrogen-bond acceptors (Lipinski definition) is 2. The van der Waals surface area contributed by atoms with Gasteiger partial charge in [-0.3, -0.25) is 0 Å². The van der Waals surface area contributed by atoms with Crippen LogP contribution < -0.4 is 5.32 Å². The summed E-state index contributed by atoms with van der Waals surface area (Å²) in [6.45, 7) is 5.48. The molecule has 0 aliphatic heterocycles. The molecule has 1 aliphatic carbocycles. The number of aryl methyl sites for hydroxylation is 1. The van der Waals surface area contributed by atoms with Crippen LogP contribution in [0, 0.1) is 12.8 Å². The van der Waals surface area contributed by atoms with E-state index in [0.717, 1.165) is 12.5 Å². The lowest BCUT2D eigenvalue weighted by molar-refractivity contribution is 0.362. The molecule has 1 aliphatic rings. The molecule has 0 radical (unpaired) electrons. The van der Waals surface area contributed by atoms with Crippen molar-refractivity contribution in [3.05, 3.63) is 20.3 Å². The summed E-state index contributed by atoms with van der Waals surface area (Å²) < 4.78 is 1.27. The fraction of sp³-hybridized carbons (Fsp3) is 0.750. The van der Waals surface area contributed by atoms with Crippen LogP contribution in [0.2, 0.25) is 0 Å². The van der Waals surface area contributed by atoms with E-state index in [1.165, 1.54) is 59.2 Å². The van der Waals surface area contributed by atoms with E-state index in [2.05, 4.69) is 41.2 Å². The molecule has 1 heterocycles.